The molecule has 0 aromatic heterocycles. The summed E-state index contributed by atoms with van der Waals surface area (Å²) in [7, 11) is -4.39. The van der Waals surface area contributed by atoms with Crippen LogP contribution in [0, 0.1) is 0 Å². The largest absolute Gasteiger partial charge is 0.472 e. The van der Waals surface area contributed by atoms with Crippen molar-refractivity contribution in [3.63, 3.8) is 0 Å². The fourth-order valence-corrected chi connectivity index (χ4v) is 14.0. The van der Waals surface area contributed by atoms with Crippen LogP contribution in [0.5, 0.6) is 0 Å². The summed E-state index contributed by atoms with van der Waals surface area (Å²) in [5.74, 6) is -0.798. The minimum atomic E-state index is -4.39. The molecule has 0 aromatic carbocycles. The topological polar surface area (TPSA) is 134 Å². The Kier molecular flexibility index (Phi) is 79.7. The van der Waals surface area contributed by atoms with Gasteiger partial charge in [-0.1, -0.05) is 416 Å². The Bertz CT molecular complexity index is 1650. The monoisotopic (exact) mass is 1360 g/mol. The first kappa shape index (κ1) is 93.2. The van der Waals surface area contributed by atoms with Crippen LogP contribution in [0.3, 0.4) is 0 Å². The zero-order chi connectivity index (χ0) is 68.6. The number of nitrogens with two attached hydrogens (primary N) is 1. The number of esters is 2. The summed E-state index contributed by atoms with van der Waals surface area (Å²) < 4.78 is 33.3. The van der Waals surface area contributed by atoms with Crippen LogP contribution < -0.4 is 5.73 Å². The molecule has 10 heteroatoms. The molecule has 562 valence electrons. The normalized spacial score (nSPS) is 12.9. The fraction of sp³-hybridized carbons (Fsp3) is 0.906. The molecule has 2 atom stereocenters. The first-order valence-electron chi connectivity index (χ1n) is 42.5. The number of phosphoric acid groups is 1. The zero-order valence-electron chi connectivity index (χ0n) is 63.7. The lowest BCUT2D eigenvalue weighted by molar-refractivity contribution is -0.161. The third-order valence-corrected chi connectivity index (χ3v) is 20.5. The summed E-state index contributed by atoms with van der Waals surface area (Å²) in [6.45, 7) is 3.83. The molecule has 2 unspecified atom stereocenters. The number of carbonyl (C=O) groups is 2. The standard InChI is InChI=1S/C85H164NO8P/c1-3-5-7-9-11-13-15-17-19-21-23-25-27-29-31-33-35-37-39-40-41-42-44-45-47-49-51-53-55-57-59-61-63-65-67-69-71-73-75-77-84(87)91-81-83(82-93-95(89,90)92-80-79-86)94-85(88)78-76-74-72-70-68-66-64-62-60-58-56-54-52-50-48-46-43-38-36-34-32-30-28-26-24-22-20-18-16-14-12-10-8-6-4-2/h16,18,21-24,83H,3-15,17,19-20,25-82,86H2,1-2H3,(H,89,90)/b18-16-,23-21-,24-22-. The molecular formula is C85H164NO8P. The molecule has 0 bridgehead atoms. The molecule has 95 heavy (non-hydrogen) atoms. The Morgan fingerprint density at radius 1 is 0.316 bits per heavy atom. The van der Waals surface area contributed by atoms with Gasteiger partial charge in [-0.05, 0) is 70.6 Å². The van der Waals surface area contributed by atoms with Crippen LogP contribution in [0.25, 0.3) is 0 Å². The lowest BCUT2D eigenvalue weighted by Crippen LogP contribution is -2.29. The lowest BCUT2D eigenvalue weighted by Gasteiger charge is -2.19. The molecule has 0 amide bonds. The average molecular weight is 1360 g/mol. The van der Waals surface area contributed by atoms with Crippen molar-refractivity contribution in [3.8, 4) is 0 Å². The second kappa shape index (κ2) is 81.2. The van der Waals surface area contributed by atoms with E-state index in [1.165, 1.54) is 392 Å². The number of hydrogen-bond acceptors (Lipinski definition) is 8. The van der Waals surface area contributed by atoms with Crippen LogP contribution in [0.4, 0.5) is 0 Å². The highest BCUT2D eigenvalue weighted by atomic mass is 31.2. The predicted octanol–water partition coefficient (Wildman–Crippen LogP) is 28.5. The van der Waals surface area contributed by atoms with Gasteiger partial charge < -0.3 is 20.1 Å². The van der Waals surface area contributed by atoms with E-state index in [0.29, 0.717) is 6.42 Å². The summed E-state index contributed by atoms with van der Waals surface area (Å²) in [6.07, 6.45) is 105. The minimum Gasteiger partial charge on any atom is -0.462 e. The Labute approximate surface area is 592 Å². The van der Waals surface area contributed by atoms with Gasteiger partial charge in [0, 0.05) is 19.4 Å². The van der Waals surface area contributed by atoms with E-state index < -0.39 is 26.5 Å². The second-order valence-electron chi connectivity index (χ2n) is 29.1. The van der Waals surface area contributed by atoms with Crippen molar-refractivity contribution < 1.29 is 37.6 Å². The first-order valence-corrected chi connectivity index (χ1v) is 44.0. The van der Waals surface area contributed by atoms with Gasteiger partial charge >= 0.3 is 19.8 Å². The lowest BCUT2D eigenvalue weighted by atomic mass is 10.0. The summed E-state index contributed by atoms with van der Waals surface area (Å²) in [6, 6.07) is 0. The van der Waals surface area contributed by atoms with Gasteiger partial charge in [0.15, 0.2) is 6.10 Å². The minimum absolute atomic E-state index is 0.0570. The average Bonchev–Trinajstić information content (AvgIpc) is 3.32. The maximum absolute atomic E-state index is 12.8. The number of unbranched alkanes of at least 4 members (excludes halogenated alkanes) is 63. The molecule has 0 aliphatic carbocycles. The Morgan fingerprint density at radius 3 is 0.811 bits per heavy atom. The van der Waals surface area contributed by atoms with Gasteiger partial charge in [0.05, 0.1) is 13.2 Å². The van der Waals surface area contributed by atoms with E-state index in [9.17, 15) is 19.0 Å². The van der Waals surface area contributed by atoms with Gasteiger partial charge in [-0.25, -0.2) is 4.57 Å². The van der Waals surface area contributed by atoms with Gasteiger partial charge in [0.25, 0.3) is 0 Å². The quantitative estimate of drug-likeness (QED) is 0.0264. The Balaban J connectivity index is 3.71. The van der Waals surface area contributed by atoms with Gasteiger partial charge in [0.2, 0.25) is 0 Å². The molecule has 0 fully saturated rings. The molecular weight excluding hydrogens is 1190 g/mol. The fourth-order valence-electron chi connectivity index (χ4n) is 13.2. The number of allylic oxidation sites excluding steroid dienone is 6. The predicted molar refractivity (Wildman–Crippen MR) is 414 cm³/mol. The van der Waals surface area contributed by atoms with Crippen molar-refractivity contribution in [2.24, 2.45) is 5.73 Å². The molecule has 0 saturated heterocycles. The van der Waals surface area contributed by atoms with Crippen molar-refractivity contribution in [2.45, 2.75) is 469 Å². The van der Waals surface area contributed by atoms with Crippen molar-refractivity contribution in [1.82, 2.24) is 0 Å². The van der Waals surface area contributed by atoms with Crippen LogP contribution >= 0.6 is 7.82 Å². The molecule has 3 N–H and O–H groups in total. The van der Waals surface area contributed by atoms with Gasteiger partial charge in [0.1, 0.15) is 6.61 Å². The maximum atomic E-state index is 12.8. The van der Waals surface area contributed by atoms with Crippen molar-refractivity contribution in [1.29, 1.82) is 0 Å². The van der Waals surface area contributed by atoms with Gasteiger partial charge in [-0.2, -0.15) is 0 Å². The number of ether oxygens (including phenoxy) is 2. The SMILES string of the molecule is CCCCCCC/C=C\C/C=C\CCCCCCCCCCCCCCCCCCCCCCCCCC(=O)OC(COC(=O)CCCCCCCCCCCCCCCCCCCCCCCCCCCCC/C=C\CCCCCCCCCC)COP(=O)(O)OCCN. The van der Waals surface area contributed by atoms with Crippen LogP contribution in [-0.2, 0) is 32.7 Å². The van der Waals surface area contributed by atoms with Crippen LogP contribution in [0.15, 0.2) is 36.5 Å². The van der Waals surface area contributed by atoms with E-state index in [1.54, 1.807) is 0 Å². The molecule has 0 aliphatic heterocycles. The second-order valence-corrected chi connectivity index (χ2v) is 30.5. The molecule has 0 spiro atoms. The van der Waals surface area contributed by atoms with Crippen molar-refractivity contribution in [2.75, 3.05) is 26.4 Å². The van der Waals surface area contributed by atoms with Crippen molar-refractivity contribution >= 4 is 19.8 Å². The third kappa shape index (κ3) is 81.1. The highest BCUT2D eigenvalue weighted by Gasteiger charge is 2.26. The van der Waals surface area contributed by atoms with Gasteiger partial charge in [-0.3, -0.25) is 18.6 Å². The zero-order valence-corrected chi connectivity index (χ0v) is 64.6. The van der Waals surface area contributed by atoms with Crippen molar-refractivity contribution in [3.05, 3.63) is 36.5 Å². The summed E-state index contributed by atoms with van der Waals surface area (Å²) in [5, 5.41) is 0. The summed E-state index contributed by atoms with van der Waals surface area (Å²) >= 11 is 0. The number of carbonyl (C=O) groups excluding carboxylic acids is 2. The smallest absolute Gasteiger partial charge is 0.462 e. The number of phosphoric ester groups is 1. The first-order chi connectivity index (χ1) is 46.8. The Morgan fingerprint density at radius 2 is 0.547 bits per heavy atom. The molecule has 0 aliphatic rings. The van der Waals surface area contributed by atoms with Crippen LogP contribution in [0.1, 0.15) is 463 Å². The van der Waals surface area contributed by atoms with E-state index in [4.69, 9.17) is 24.3 Å². The van der Waals surface area contributed by atoms with E-state index in [0.717, 1.165) is 38.5 Å². The van der Waals surface area contributed by atoms with Gasteiger partial charge in [-0.15, -0.1) is 0 Å². The molecule has 9 nitrogen and oxygen atoms in total. The van der Waals surface area contributed by atoms with Crippen LogP contribution in [0.2, 0.25) is 0 Å². The molecule has 0 saturated carbocycles. The van der Waals surface area contributed by atoms with E-state index in [2.05, 4.69) is 50.3 Å². The summed E-state index contributed by atoms with van der Waals surface area (Å²) in [5.41, 5.74) is 5.42. The van der Waals surface area contributed by atoms with Crippen LogP contribution in [-0.4, -0.2) is 49.3 Å². The Hall–Kier alpha value is -1.77. The van der Waals surface area contributed by atoms with E-state index >= 15 is 0 Å². The highest BCUT2D eigenvalue weighted by molar-refractivity contribution is 7.47. The highest BCUT2D eigenvalue weighted by Crippen LogP contribution is 2.43. The number of hydrogen-bond donors (Lipinski definition) is 2. The van der Waals surface area contributed by atoms with E-state index in [1.807, 2.05) is 0 Å². The summed E-state index contributed by atoms with van der Waals surface area (Å²) in [4.78, 5) is 35.5. The molecule has 0 heterocycles. The van der Waals surface area contributed by atoms with E-state index in [-0.39, 0.29) is 38.6 Å². The number of rotatable bonds is 82. The third-order valence-electron chi connectivity index (χ3n) is 19.5. The molecule has 0 rings (SSSR count). The molecule has 0 radical (unpaired) electrons. The molecule has 0 aromatic rings. The maximum Gasteiger partial charge on any atom is 0.472 e.